The monoisotopic (exact) mass is 235 g/mol. The molecule has 1 aromatic rings. The minimum absolute atomic E-state index is 0.260. The van der Waals surface area contributed by atoms with Gasteiger partial charge in [0, 0.05) is 6.04 Å². The van der Waals surface area contributed by atoms with Gasteiger partial charge in [-0.25, -0.2) is 0 Å². The maximum absolute atomic E-state index is 6.01. The lowest BCUT2D eigenvalue weighted by Gasteiger charge is -2.16. The van der Waals surface area contributed by atoms with Crippen molar-refractivity contribution in [3.63, 3.8) is 0 Å². The summed E-state index contributed by atoms with van der Waals surface area (Å²) in [7, 11) is 0. The molecule has 0 aliphatic carbocycles. The van der Waals surface area contributed by atoms with Crippen molar-refractivity contribution in [3.8, 4) is 5.75 Å². The minimum atomic E-state index is 0.260. The normalized spacial score (nSPS) is 12.5. The van der Waals surface area contributed by atoms with Gasteiger partial charge in [0.25, 0.3) is 0 Å². The Bertz CT molecular complexity index is 360. The van der Waals surface area contributed by atoms with Crippen LogP contribution in [0.5, 0.6) is 5.75 Å². The van der Waals surface area contributed by atoms with Crippen molar-refractivity contribution in [2.75, 3.05) is 6.61 Å². The molecule has 2 heteroatoms. The van der Waals surface area contributed by atoms with Gasteiger partial charge in [-0.15, -0.1) is 0 Å². The van der Waals surface area contributed by atoms with Crippen molar-refractivity contribution in [2.24, 2.45) is 5.73 Å². The first-order valence-electron chi connectivity index (χ1n) is 6.57. The van der Waals surface area contributed by atoms with Crippen LogP contribution in [0, 0.1) is 13.8 Å². The first-order valence-corrected chi connectivity index (χ1v) is 6.57. The highest BCUT2D eigenvalue weighted by Crippen LogP contribution is 2.25. The lowest BCUT2D eigenvalue weighted by Crippen LogP contribution is -2.22. The Balaban J connectivity index is 2.86. The second-order valence-electron chi connectivity index (χ2n) is 4.69. The quantitative estimate of drug-likeness (QED) is 0.820. The molecule has 0 heterocycles. The number of hydrogen-bond acceptors (Lipinski definition) is 2. The van der Waals surface area contributed by atoms with Gasteiger partial charge in [-0.2, -0.15) is 0 Å². The Morgan fingerprint density at radius 1 is 1.18 bits per heavy atom. The van der Waals surface area contributed by atoms with Crippen molar-refractivity contribution in [3.05, 3.63) is 28.8 Å². The molecule has 96 valence electrons. The molecule has 1 aromatic carbocycles. The summed E-state index contributed by atoms with van der Waals surface area (Å²) in [5, 5.41) is 0. The molecule has 0 aliphatic rings. The van der Waals surface area contributed by atoms with Crippen LogP contribution in [0.4, 0.5) is 0 Å². The van der Waals surface area contributed by atoms with Crippen molar-refractivity contribution in [1.29, 1.82) is 0 Å². The van der Waals surface area contributed by atoms with E-state index in [4.69, 9.17) is 10.5 Å². The third-order valence-corrected chi connectivity index (χ3v) is 3.32. The van der Waals surface area contributed by atoms with Gasteiger partial charge in [-0.05, 0) is 55.9 Å². The van der Waals surface area contributed by atoms with Gasteiger partial charge in [0.1, 0.15) is 5.75 Å². The highest BCUT2D eigenvalue weighted by molar-refractivity contribution is 5.43. The molecule has 0 aliphatic heterocycles. The van der Waals surface area contributed by atoms with Crippen molar-refractivity contribution >= 4 is 0 Å². The Morgan fingerprint density at radius 2 is 1.88 bits per heavy atom. The highest BCUT2D eigenvalue weighted by atomic mass is 16.5. The molecule has 17 heavy (non-hydrogen) atoms. The number of rotatable bonds is 6. The minimum Gasteiger partial charge on any atom is -0.493 e. The van der Waals surface area contributed by atoms with Crippen LogP contribution in [-0.4, -0.2) is 12.6 Å². The molecular weight excluding hydrogens is 210 g/mol. The fourth-order valence-electron chi connectivity index (χ4n) is 1.87. The molecule has 0 fully saturated rings. The average Bonchev–Trinajstić information content (AvgIpc) is 2.34. The van der Waals surface area contributed by atoms with Gasteiger partial charge in [-0.1, -0.05) is 19.9 Å². The van der Waals surface area contributed by atoms with Crippen molar-refractivity contribution in [1.82, 2.24) is 0 Å². The summed E-state index contributed by atoms with van der Waals surface area (Å²) < 4.78 is 5.72. The Kier molecular flexibility index (Phi) is 5.49. The average molecular weight is 235 g/mol. The Labute approximate surface area is 105 Å². The lowest BCUT2D eigenvalue weighted by molar-refractivity contribution is 0.315. The summed E-state index contributed by atoms with van der Waals surface area (Å²) in [6.45, 7) is 9.32. The van der Waals surface area contributed by atoms with Gasteiger partial charge in [0.15, 0.2) is 0 Å². The summed E-state index contributed by atoms with van der Waals surface area (Å²) in [6, 6.07) is 4.49. The number of benzene rings is 1. The molecule has 0 saturated heterocycles. The van der Waals surface area contributed by atoms with Crippen LogP contribution in [-0.2, 0) is 6.42 Å². The van der Waals surface area contributed by atoms with E-state index in [2.05, 4.69) is 39.8 Å². The first-order chi connectivity index (χ1) is 8.10. The molecule has 2 nitrogen and oxygen atoms in total. The molecule has 0 spiro atoms. The standard InChI is InChI=1S/C15H25NO/c1-5-9-17-15-8-7-13(10-14(16)6-2)11(3)12(15)4/h7-8,14H,5-6,9-10,16H2,1-4H3. The molecule has 0 bridgehead atoms. The maximum Gasteiger partial charge on any atom is 0.122 e. The van der Waals surface area contributed by atoms with Gasteiger partial charge in [-0.3, -0.25) is 0 Å². The van der Waals surface area contributed by atoms with E-state index < -0.39 is 0 Å². The smallest absolute Gasteiger partial charge is 0.122 e. The summed E-state index contributed by atoms with van der Waals surface area (Å²) in [5.41, 5.74) is 9.93. The second-order valence-corrected chi connectivity index (χ2v) is 4.69. The van der Waals surface area contributed by atoms with E-state index in [0.29, 0.717) is 0 Å². The van der Waals surface area contributed by atoms with Gasteiger partial charge < -0.3 is 10.5 Å². The van der Waals surface area contributed by atoms with Gasteiger partial charge >= 0.3 is 0 Å². The summed E-state index contributed by atoms with van der Waals surface area (Å²) in [4.78, 5) is 0. The number of nitrogens with two attached hydrogens (primary N) is 1. The largest absolute Gasteiger partial charge is 0.493 e. The number of ether oxygens (including phenoxy) is 1. The van der Waals surface area contributed by atoms with Crippen LogP contribution in [0.1, 0.15) is 43.4 Å². The first kappa shape index (κ1) is 14.0. The third kappa shape index (κ3) is 3.74. The molecule has 0 radical (unpaired) electrons. The van der Waals surface area contributed by atoms with E-state index in [1.807, 2.05) is 0 Å². The molecule has 1 atom stereocenters. The van der Waals surface area contributed by atoms with E-state index in [1.54, 1.807) is 0 Å². The molecule has 0 amide bonds. The van der Waals surface area contributed by atoms with Gasteiger partial charge in [0.05, 0.1) is 6.61 Å². The summed E-state index contributed by atoms with van der Waals surface area (Å²) in [5.74, 6) is 1.01. The fourth-order valence-corrected chi connectivity index (χ4v) is 1.87. The van der Waals surface area contributed by atoms with Crippen LogP contribution in [0.15, 0.2) is 12.1 Å². The lowest BCUT2D eigenvalue weighted by atomic mass is 9.96. The fraction of sp³-hybridized carbons (Fsp3) is 0.600. The zero-order chi connectivity index (χ0) is 12.8. The van der Waals surface area contributed by atoms with Crippen LogP contribution < -0.4 is 10.5 Å². The van der Waals surface area contributed by atoms with Crippen LogP contribution in [0.3, 0.4) is 0 Å². The molecule has 2 N–H and O–H groups in total. The van der Waals surface area contributed by atoms with Crippen LogP contribution in [0.2, 0.25) is 0 Å². The maximum atomic E-state index is 6.01. The molecule has 1 rings (SSSR count). The SMILES string of the molecule is CCCOc1ccc(CC(N)CC)c(C)c1C. The molecule has 1 unspecified atom stereocenters. The van der Waals surface area contributed by atoms with Crippen LogP contribution >= 0.6 is 0 Å². The zero-order valence-corrected chi connectivity index (χ0v) is 11.5. The van der Waals surface area contributed by atoms with E-state index >= 15 is 0 Å². The van der Waals surface area contributed by atoms with E-state index in [0.717, 1.165) is 31.6 Å². The predicted octanol–water partition coefficient (Wildman–Crippen LogP) is 3.37. The molecule has 0 saturated carbocycles. The van der Waals surface area contributed by atoms with Gasteiger partial charge in [0.2, 0.25) is 0 Å². The third-order valence-electron chi connectivity index (χ3n) is 3.32. The van der Waals surface area contributed by atoms with Crippen LogP contribution in [0.25, 0.3) is 0 Å². The van der Waals surface area contributed by atoms with E-state index in [1.165, 1.54) is 16.7 Å². The highest BCUT2D eigenvalue weighted by Gasteiger charge is 2.09. The number of hydrogen-bond donors (Lipinski definition) is 1. The van der Waals surface area contributed by atoms with E-state index in [-0.39, 0.29) is 6.04 Å². The molecular formula is C15H25NO. The zero-order valence-electron chi connectivity index (χ0n) is 11.5. The Hall–Kier alpha value is -1.02. The Morgan fingerprint density at radius 3 is 2.47 bits per heavy atom. The summed E-state index contributed by atoms with van der Waals surface area (Å²) >= 11 is 0. The predicted molar refractivity (Wildman–Crippen MR) is 73.7 cm³/mol. The topological polar surface area (TPSA) is 35.2 Å². The second kappa shape index (κ2) is 6.65. The van der Waals surface area contributed by atoms with Crippen molar-refractivity contribution in [2.45, 2.75) is 53.0 Å². The van der Waals surface area contributed by atoms with Crippen molar-refractivity contribution < 1.29 is 4.74 Å². The molecule has 0 aromatic heterocycles. The summed E-state index contributed by atoms with van der Waals surface area (Å²) in [6.07, 6.45) is 3.02. The van der Waals surface area contributed by atoms with E-state index in [9.17, 15) is 0 Å².